The van der Waals surface area contributed by atoms with Gasteiger partial charge in [0.2, 0.25) is 0 Å². The number of rotatable bonds is 2. The highest BCUT2D eigenvalue weighted by Gasteiger charge is 2.15. The minimum atomic E-state index is -0.972. The van der Waals surface area contributed by atoms with Crippen LogP contribution in [0.5, 0.6) is 0 Å². The van der Waals surface area contributed by atoms with E-state index in [1.807, 2.05) is 31.2 Å². The smallest absolute Gasteiger partial charge is 0.129 e. The van der Waals surface area contributed by atoms with Gasteiger partial charge in [-0.1, -0.05) is 24.3 Å². The summed E-state index contributed by atoms with van der Waals surface area (Å²) in [5.74, 6) is -0.385. The number of halogens is 1. The fraction of sp³-hybridized carbons (Fsp3) is 0.118. The molecule has 0 spiro atoms. The van der Waals surface area contributed by atoms with Crippen molar-refractivity contribution in [1.29, 1.82) is 0 Å². The van der Waals surface area contributed by atoms with Crippen LogP contribution in [-0.2, 0) is 0 Å². The van der Waals surface area contributed by atoms with Crippen LogP contribution in [0.15, 0.2) is 54.7 Å². The molecule has 0 radical (unpaired) electrons. The summed E-state index contributed by atoms with van der Waals surface area (Å²) < 4.78 is 13.9. The van der Waals surface area contributed by atoms with Gasteiger partial charge in [-0.15, -0.1) is 0 Å². The van der Waals surface area contributed by atoms with Crippen LogP contribution in [0, 0.1) is 12.7 Å². The maximum atomic E-state index is 13.9. The lowest BCUT2D eigenvalue weighted by Gasteiger charge is -2.13. The zero-order chi connectivity index (χ0) is 14.1. The van der Waals surface area contributed by atoms with Gasteiger partial charge in [0, 0.05) is 17.1 Å². The van der Waals surface area contributed by atoms with Crippen LogP contribution < -0.4 is 0 Å². The normalized spacial score (nSPS) is 12.6. The molecule has 100 valence electrons. The number of aliphatic hydroxyl groups is 1. The van der Waals surface area contributed by atoms with Crippen LogP contribution in [0.3, 0.4) is 0 Å². The third kappa shape index (κ3) is 2.28. The highest BCUT2D eigenvalue weighted by Crippen LogP contribution is 2.27. The highest BCUT2D eigenvalue weighted by molar-refractivity contribution is 5.79. The van der Waals surface area contributed by atoms with Crippen LogP contribution in [-0.4, -0.2) is 10.1 Å². The summed E-state index contributed by atoms with van der Waals surface area (Å²) in [6.07, 6.45) is 0.748. The van der Waals surface area contributed by atoms with E-state index in [1.165, 1.54) is 6.07 Å². The number of aliphatic hydroxyl groups excluding tert-OH is 1. The molecule has 0 amide bonds. The topological polar surface area (TPSA) is 33.1 Å². The molecule has 1 heterocycles. The van der Waals surface area contributed by atoms with Gasteiger partial charge in [-0.2, -0.15) is 0 Å². The Balaban J connectivity index is 2.05. The van der Waals surface area contributed by atoms with E-state index in [4.69, 9.17) is 0 Å². The summed E-state index contributed by atoms with van der Waals surface area (Å²) in [6, 6.07) is 14.1. The molecule has 0 aliphatic heterocycles. The maximum absolute atomic E-state index is 13.9. The lowest BCUT2D eigenvalue weighted by molar-refractivity contribution is 0.215. The Hall–Kier alpha value is -2.26. The first-order valence-electron chi connectivity index (χ1n) is 6.44. The van der Waals surface area contributed by atoms with Gasteiger partial charge in [0.05, 0.1) is 5.52 Å². The molecule has 3 heteroatoms. The van der Waals surface area contributed by atoms with E-state index >= 15 is 0 Å². The predicted molar refractivity (Wildman–Crippen MR) is 76.9 cm³/mol. The molecule has 0 bridgehead atoms. The number of fused-ring (bicyclic) bond motifs is 1. The van der Waals surface area contributed by atoms with Gasteiger partial charge in [-0.05, 0) is 42.3 Å². The molecule has 1 atom stereocenters. The zero-order valence-corrected chi connectivity index (χ0v) is 11.0. The van der Waals surface area contributed by atoms with E-state index in [-0.39, 0.29) is 5.82 Å². The Morgan fingerprint density at radius 1 is 1.10 bits per heavy atom. The monoisotopic (exact) mass is 267 g/mol. The molecule has 20 heavy (non-hydrogen) atoms. The fourth-order valence-electron chi connectivity index (χ4n) is 2.30. The molecular formula is C17H14FNO. The summed E-state index contributed by atoms with van der Waals surface area (Å²) in [5.41, 5.74) is 2.64. The number of hydrogen-bond donors (Lipinski definition) is 1. The molecular weight excluding hydrogens is 253 g/mol. The van der Waals surface area contributed by atoms with E-state index in [0.717, 1.165) is 16.5 Å². The minimum Gasteiger partial charge on any atom is -0.384 e. The second-order valence-electron chi connectivity index (χ2n) is 4.88. The summed E-state index contributed by atoms with van der Waals surface area (Å²) in [4.78, 5) is 4.23. The Kier molecular flexibility index (Phi) is 3.20. The zero-order valence-electron chi connectivity index (χ0n) is 11.0. The Morgan fingerprint density at radius 2 is 1.95 bits per heavy atom. The Bertz CT molecular complexity index is 770. The van der Waals surface area contributed by atoms with Gasteiger partial charge >= 0.3 is 0 Å². The van der Waals surface area contributed by atoms with Crippen molar-refractivity contribution in [1.82, 2.24) is 4.98 Å². The van der Waals surface area contributed by atoms with E-state index < -0.39 is 6.10 Å². The molecule has 1 unspecified atom stereocenters. The summed E-state index contributed by atoms with van der Waals surface area (Å²) >= 11 is 0. The number of aryl methyl sites for hydroxylation is 1. The molecule has 1 aromatic heterocycles. The van der Waals surface area contributed by atoms with Crippen LogP contribution in [0.4, 0.5) is 4.39 Å². The molecule has 0 fully saturated rings. The fourth-order valence-corrected chi connectivity index (χ4v) is 2.30. The number of benzene rings is 2. The summed E-state index contributed by atoms with van der Waals surface area (Å²) in [7, 11) is 0. The largest absolute Gasteiger partial charge is 0.384 e. The Morgan fingerprint density at radius 3 is 2.75 bits per heavy atom. The number of nitrogens with zero attached hydrogens (tertiary/aromatic N) is 1. The van der Waals surface area contributed by atoms with Crippen LogP contribution in [0.25, 0.3) is 10.9 Å². The second-order valence-corrected chi connectivity index (χ2v) is 4.88. The van der Waals surface area contributed by atoms with Gasteiger partial charge in [0.15, 0.2) is 0 Å². The van der Waals surface area contributed by atoms with Gasteiger partial charge in [-0.3, -0.25) is 4.98 Å². The first-order chi connectivity index (χ1) is 9.65. The van der Waals surface area contributed by atoms with Gasteiger partial charge in [0.1, 0.15) is 11.9 Å². The lowest BCUT2D eigenvalue weighted by Crippen LogP contribution is -2.03. The van der Waals surface area contributed by atoms with Gasteiger partial charge in [-0.25, -0.2) is 4.39 Å². The van der Waals surface area contributed by atoms with E-state index in [0.29, 0.717) is 11.1 Å². The van der Waals surface area contributed by atoms with Crippen molar-refractivity contribution < 1.29 is 9.50 Å². The average molecular weight is 267 g/mol. The number of hydrogen-bond acceptors (Lipinski definition) is 2. The minimum absolute atomic E-state index is 0.291. The molecule has 3 rings (SSSR count). The highest BCUT2D eigenvalue weighted by atomic mass is 19.1. The quantitative estimate of drug-likeness (QED) is 0.766. The summed E-state index contributed by atoms with van der Waals surface area (Å²) in [5, 5.41) is 11.3. The van der Waals surface area contributed by atoms with E-state index in [1.54, 1.807) is 24.4 Å². The molecule has 2 aromatic carbocycles. The van der Waals surface area contributed by atoms with Crippen molar-refractivity contribution >= 4 is 10.9 Å². The Labute approximate surface area is 116 Å². The van der Waals surface area contributed by atoms with Crippen molar-refractivity contribution in [2.24, 2.45) is 0 Å². The van der Waals surface area contributed by atoms with Gasteiger partial charge in [0.25, 0.3) is 0 Å². The van der Waals surface area contributed by atoms with E-state index in [2.05, 4.69) is 4.98 Å². The molecule has 0 saturated heterocycles. The molecule has 3 aromatic rings. The first kappa shape index (κ1) is 12.8. The van der Waals surface area contributed by atoms with Crippen molar-refractivity contribution in [3.8, 4) is 0 Å². The number of aromatic nitrogens is 1. The molecule has 0 aliphatic carbocycles. The van der Waals surface area contributed by atoms with E-state index in [9.17, 15) is 9.50 Å². The predicted octanol–water partition coefficient (Wildman–Crippen LogP) is 3.76. The maximum Gasteiger partial charge on any atom is 0.129 e. The molecule has 2 nitrogen and oxygen atoms in total. The van der Waals surface area contributed by atoms with Crippen molar-refractivity contribution in [3.63, 3.8) is 0 Å². The standard InChI is InChI=1S/C17H14FNO/c1-11-4-6-14(15(18)9-11)17(20)13-5-7-16-12(10-13)3-2-8-19-16/h2-10,17,20H,1H3. The number of pyridine rings is 1. The van der Waals surface area contributed by atoms with Crippen molar-refractivity contribution in [3.05, 3.63) is 77.2 Å². The average Bonchev–Trinajstić information content (AvgIpc) is 2.46. The summed E-state index contributed by atoms with van der Waals surface area (Å²) in [6.45, 7) is 1.82. The van der Waals surface area contributed by atoms with Gasteiger partial charge < -0.3 is 5.11 Å². The van der Waals surface area contributed by atoms with Crippen LogP contribution in [0.2, 0.25) is 0 Å². The third-order valence-electron chi connectivity index (χ3n) is 3.39. The first-order valence-corrected chi connectivity index (χ1v) is 6.44. The third-order valence-corrected chi connectivity index (χ3v) is 3.39. The molecule has 0 aliphatic rings. The van der Waals surface area contributed by atoms with Crippen molar-refractivity contribution in [2.75, 3.05) is 0 Å². The molecule has 1 N–H and O–H groups in total. The van der Waals surface area contributed by atoms with Crippen LogP contribution >= 0.6 is 0 Å². The molecule has 0 saturated carbocycles. The van der Waals surface area contributed by atoms with Crippen molar-refractivity contribution in [2.45, 2.75) is 13.0 Å². The second kappa shape index (κ2) is 5.02. The van der Waals surface area contributed by atoms with Crippen LogP contribution in [0.1, 0.15) is 22.8 Å². The lowest BCUT2D eigenvalue weighted by atomic mass is 9.98. The SMILES string of the molecule is Cc1ccc(C(O)c2ccc3ncccc3c2)c(F)c1.